The van der Waals surface area contributed by atoms with Gasteiger partial charge in [0.2, 0.25) is 0 Å². The molecule has 0 radical (unpaired) electrons. The molecule has 0 spiro atoms. The van der Waals surface area contributed by atoms with Crippen molar-refractivity contribution in [3.8, 4) is 0 Å². The van der Waals surface area contributed by atoms with Gasteiger partial charge in [-0.25, -0.2) is 0 Å². The number of H-pyrrole nitrogens is 1. The molecule has 0 atom stereocenters. The number of nitrogens with one attached hydrogen (secondary N) is 2. The SMILES string of the molecule is CC(C)OCCCNC(=O)c1ccc2[nH]c3c(c2c1)CCCC3. The van der Waals surface area contributed by atoms with Crippen molar-refractivity contribution in [2.24, 2.45) is 0 Å². The van der Waals surface area contributed by atoms with Gasteiger partial charge in [-0.2, -0.15) is 0 Å². The van der Waals surface area contributed by atoms with Crippen LogP contribution in [0.2, 0.25) is 0 Å². The molecule has 0 saturated heterocycles. The Balaban J connectivity index is 1.64. The molecule has 0 fully saturated rings. The van der Waals surface area contributed by atoms with Gasteiger partial charge in [0.05, 0.1) is 6.10 Å². The van der Waals surface area contributed by atoms with E-state index in [9.17, 15) is 4.79 Å². The second-order valence-electron chi connectivity index (χ2n) is 6.58. The molecule has 1 aromatic carbocycles. The van der Waals surface area contributed by atoms with Gasteiger partial charge in [0.25, 0.3) is 5.91 Å². The molecule has 0 bridgehead atoms. The van der Waals surface area contributed by atoms with Gasteiger partial charge in [-0.3, -0.25) is 4.79 Å². The molecule has 2 N–H and O–H groups in total. The molecule has 1 amide bonds. The number of carbonyl (C=O) groups excluding carboxylic acids is 1. The second kappa shape index (κ2) is 7.18. The summed E-state index contributed by atoms with van der Waals surface area (Å²) in [4.78, 5) is 15.8. The fourth-order valence-electron chi connectivity index (χ4n) is 3.24. The summed E-state index contributed by atoms with van der Waals surface area (Å²) >= 11 is 0. The third-order valence-corrected chi connectivity index (χ3v) is 4.42. The number of aromatic amines is 1. The van der Waals surface area contributed by atoms with Crippen molar-refractivity contribution >= 4 is 16.8 Å². The second-order valence-corrected chi connectivity index (χ2v) is 6.58. The third-order valence-electron chi connectivity index (χ3n) is 4.42. The largest absolute Gasteiger partial charge is 0.379 e. The molecule has 2 aromatic rings. The van der Waals surface area contributed by atoms with Gasteiger partial charge < -0.3 is 15.0 Å². The number of carbonyl (C=O) groups is 1. The minimum Gasteiger partial charge on any atom is -0.379 e. The Morgan fingerprint density at radius 1 is 1.30 bits per heavy atom. The number of amides is 1. The first-order valence-electron chi connectivity index (χ1n) is 8.68. The van der Waals surface area contributed by atoms with Gasteiger partial charge in [-0.05, 0) is 69.7 Å². The first-order valence-corrected chi connectivity index (χ1v) is 8.68. The van der Waals surface area contributed by atoms with Crippen LogP contribution in [0.25, 0.3) is 10.9 Å². The minimum atomic E-state index is 0.00204. The molecule has 124 valence electrons. The number of aromatic nitrogens is 1. The average molecular weight is 314 g/mol. The number of hydrogen-bond acceptors (Lipinski definition) is 2. The van der Waals surface area contributed by atoms with E-state index in [1.165, 1.54) is 29.5 Å². The molecule has 1 aliphatic carbocycles. The molecular formula is C19H26N2O2. The summed E-state index contributed by atoms with van der Waals surface area (Å²) in [5.74, 6) is 0.00204. The molecule has 1 aliphatic rings. The summed E-state index contributed by atoms with van der Waals surface area (Å²) < 4.78 is 5.48. The van der Waals surface area contributed by atoms with Crippen LogP contribution in [0.15, 0.2) is 18.2 Å². The maximum absolute atomic E-state index is 12.3. The Hall–Kier alpha value is -1.81. The van der Waals surface area contributed by atoms with Crippen molar-refractivity contribution < 1.29 is 9.53 Å². The van der Waals surface area contributed by atoms with Crippen molar-refractivity contribution in [1.82, 2.24) is 10.3 Å². The number of hydrogen-bond donors (Lipinski definition) is 2. The van der Waals surface area contributed by atoms with Gasteiger partial charge in [-0.15, -0.1) is 0 Å². The lowest BCUT2D eigenvalue weighted by Gasteiger charge is -2.11. The van der Waals surface area contributed by atoms with Gasteiger partial charge in [0.1, 0.15) is 0 Å². The zero-order valence-electron chi connectivity index (χ0n) is 14.1. The Morgan fingerprint density at radius 3 is 2.96 bits per heavy atom. The molecule has 23 heavy (non-hydrogen) atoms. The Bertz CT molecular complexity index is 688. The number of benzene rings is 1. The van der Waals surface area contributed by atoms with E-state index in [1.54, 1.807) is 0 Å². The van der Waals surface area contributed by atoms with E-state index in [-0.39, 0.29) is 12.0 Å². The highest BCUT2D eigenvalue weighted by atomic mass is 16.5. The van der Waals surface area contributed by atoms with Crippen molar-refractivity contribution in [3.05, 3.63) is 35.0 Å². The zero-order chi connectivity index (χ0) is 16.2. The van der Waals surface area contributed by atoms with Crippen molar-refractivity contribution in [3.63, 3.8) is 0 Å². The molecule has 1 heterocycles. The zero-order valence-corrected chi connectivity index (χ0v) is 14.1. The molecule has 4 nitrogen and oxygen atoms in total. The van der Waals surface area contributed by atoms with Crippen LogP contribution in [0.5, 0.6) is 0 Å². The quantitative estimate of drug-likeness (QED) is 0.801. The van der Waals surface area contributed by atoms with Crippen LogP contribution in [0, 0.1) is 0 Å². The van der Waals surface area contributed by atoms with E-state index in [1.807, 2.05) is 32.0 Å². The molecule has 0 unspecified atom stereocenters. The van der Waals surface area contributed by atoms with Crippen molar-refractivity contribution in [2.45, 2.75) is 52.1 Å². The van der Waals surface area contributed by atoms with Crippen LogP contribution in [0.1, 0.15) is 54.7 Å². The summed E-state index contributed by atoms with van der Waals surface area (Å²) in [5.41, 5.74) is 4.66. The summed E-state index contributed by atoms with van der Waals surface area (Å²) in [5, 5.41) is 4.20. The fourth-order valence-corrected chi connectivity index (χ4v) is 3.24. The Kier molecular flexibility index (Phi) is 5.01. The third kappa shape index (κ3) is 3.75. The number of aryl methyl sites for hydroxylation is 2. The summed E-state index contributed by atoms with van der Waals surface area (Å²) in [6.45, 7) is 5.37. The van der Waals surface area contributed by atoms with Crippen molar-refractivity contribution in [2.75, 3.05) is 13.2 Å². The lowest BCUT2D eigenvalue weighted by Crippen LogP contribution is -2.25. The summed E-state index contributed by atoms with van der Waals surface area (Å²) in [6.07, 6.45) is 5.82. The smallest absolute Gasteiger partial charge is 0.251 e. The van der Waals surface area contributed by atoms with Crippen molar-refractivity contribution in [1.29, 1.82) is 0 Å². The maximum Gasteiger partial charge on any atom is 0.251 e. The first kappa shape index (κ1) is 16.1. The van der Waals surface area contributed by atoms with E-state index >= 15 is 0 Å². The van der Waals surface area contributed by atoms with Gasteiger partial charge in [-0.1, -0.05) is 0 Å². The molecule has 0 saturated carbocycles. The topological polar surface area (TPSA) is 54.1 Å². The molecule has 3 rings (SSSR count). The van der Waals surface area contributed by atoms with E-state index in [0.717, 1.165) is 30.3 Å². The average Bonchev–Trinajstić information content (AvgIpc) is 2.91. The summed E-state index contributed by atoms with van der Waals surface area (Å²) in [7, 11) is 0. The predicted molar refractivity (Wildman–Crippen MR) is 93.0 cm³/mol. The highest BCUT2D eigenvalue weighted by molar-refractivity contribution is 5.99. The highest BCUT2D eigenvalue weighted by Crippen LogP contribution is 2.29. The van der Waals surface area contributed by atoms with Crippen LogP contribution in [-0.4, -0.2) is 30.1 Å². The van der Waals surface area contributed by atoms with Crippen LogP contribution in [0.4, 0.5) is 0 Å². The normalized spacial score (nSPS) is 14.2. The van der Waals surface area contributed by atoms with E-state index in [2.05, 4.69) is 10.3 Å². The van der Waals surface area contributed by atoms with Crippen LogP contribution in [0.3, 0.4) is 0 Å². The summed E-state index contributed by atoms with van der Waals surface area (Å²) in [6, 6.07) is 5.98. The lowest BCUT2D eigenvalue weighted by molar-refractivity contribution is 0.0757. The maximum atomic E-state index is 12.3. The minimum absolute atomic E-state index is 0.00204. The Morgan fingerprint density at radius 2 is 2.13 bits per heavy atom. The molecule has 0 aliphatic heterocycles. The fraction of sp³-hybridized carbons (Fsp3) is 0.526. The monoisotopic (exact) mass is 314 g/mol. The first-order chi connectivity index (χ1) is 11.1. The predicted octanol–water partition coefficient (Wildman–Crippen LogP) is 3.59. The van der Waals surface area contributed by atoms with E-state index in [0.29, 0.717) is 13.2 Å². The van der Waals surface area contributed by atoms with Gasteiger partial charge in [0.15, 0.2) is 0 Å². The van der Waals surface area contributed by atoms with Gasteiger partial charge in [0, 0.05) is 35.3 Å². The number of rotatable bonds is 6. The number of ether oxygens (including phenoxy) is 1. The Labute approximate surface area is 137 Å². The lowest BCUT2D eigenvalue weighted by atomic mass is 9.95. The molecule has 4 heteroatoms. The highest BCUT2D eigenvalue weighted by Gasteiger charge is 2.16. The van der Waals surface area contributed by atoms with Crippen LogP contribution >= 0.6 is 0 Å². The number of fused-ring (bicyclic) bond motifs is 3. The van der Waals surface area contributed by atoms with Crippen LogP contribution in [-0.2, 0) is 17.6 Å². The van der Waals surface area contributed by atoms with Crippen LogP contribution < -0.4 is 5.32 Å². The standard InChI is InChI=1S/C19H26N2O2/c1-13(2)23-11-5-10-20-19(22)14-8-9-18-16(12-14)15-6-3-4-7-17(15)21-18/h8-9,12-13,21H,3-7,10-11H2,1-2H3,(H,20,22). The van der Waals surface area contributed by atoms with E-state index < -0.39 is 0 Å². The van der Waals surface area contributed by atoms with Gasteiger partial charge >= 0.3 is 0 Å². The molecular weight excluding hydrogens is 288 g/mol. The molecule has 1 aromatic heterocycles. The van der Waals surface area contributed by atoms with E-state index in [4.69, 9.17) is 4.74 Å².